The van der Waals surface area contributed by atoms with Crippen molar-refractivity contribution in [3.8, 4) is 0 Å². The second-order valence-corrected chi connectivity index (χ2v) is 5.60. The minimum atomic E-state index is -3.99. The van der Waals surface area contributed by atoms with Gasteiger partial charge >= 0.3 is 6.01 Å². The number of primary sulfonamides is 1. The van der Waals surface area contributed by atoms with Gasteiger partial charge in [0.05, 0.1) is 0 Å². The van der Waals surface area contributed by atoms with Crippen molar-refractivity contribution < 1.29 is 22.0 Å². The maximum atomic E-state index is 11.9. The molecule has 108 valence electrons. The lowest BCUT2D eigenvalue weighted by molar-refractivity contribution is 0.0989. The number of rotatable bonds is 3. The summed E-state index contributed by atoms with van der Waals surface area (Å²) < 4.78 is 32.3. The molecule has 1 aromatic carbocycles. The van der Waals surface area contributed by atoms with Gasteiger partial charge in [-0.2, -0.15) is 4.98 Å². The molecular formula is C12H9N3O5S. The first-order valence-corrected chi connectivity index (χ1v) is 7.28. The van der Waals surface area contributed by atoms with E-state index in [0.29, 0.717) is 11.1 Å². The number of hydrogen-bond donors (Lipinski definition) is 2. The molecule has 3 aromatic rings. The summed E-state index contributed by atoms with van der Waals surface area (Å²) in [6.45, 7) is 0. The number of sulfonamides is 1. The molecule has 0 unspecified atom stereocenters. The van der Waals surface area contributed by atoms with Gasteiger partial charge in [-0.1, -0.05) is 12.1 Å². The molecule has 0 bridgehead atoms. The lowest BCUT2D eigenvalue weighted by Crippen LogP contribution is -2.12. The van der Waals surface area contributed by atoms with E-state index in [1.54, 1.807) is 24.3 Å². The smallest absolute Gasteiger partial charge is 0.302 e. The number of oxazole rings is 1. The zero-order chi connectivity index (χ0) is 15.0. The van der Waals surface area contributed by atoms with Crippen LogP contribution in [0.25, 0.3) is 11.1 Å². The summed E-state index contributed by atoms with van der Waals surface area (Å²) in [6.07, 6.45) is 0. The highest BCUT2D eigenvalue weighted by Gasteiger charge is 2.19. The number of para-hydroxylation sites is 2. The molecule has 9 heteroatoms. The first kappa shape index (κ1) is 13.3. The highest BCUT2D eigenvalue weighted by Crippen LogP contribution is 2.19. The largest absolute Gasteiger partial charge is 0.438 e. The van der Waals surface area contributed by atoms with Gasteiger partial charge in [-0.15, -0.1) is 0 Å². The number of nitrogens with one attached hydrogen (secondary N) is 1. The Balaban J connectivity index is 1.84. The third-order valence-electron chi connectivity index (χ3n) is 2.60. The van der Waals surface area contributed by atoms with Gasteiger partial charge < -0.3 is 8.83 Å². The second-order valence-electron chi connectivity index (χ2n) is 4.10. The topological polar surface area (TPSA) is 128 Å². The quantitative estimate of drug-likeness (QED) is 0.750. The number of hydrogen-bond acceptors (Lipinski definition) is 6. The van der Waals surface area contributed by atoms with E-state index in [9.17, 15) is 13.2 Å². The van der Waals surface area contributed by atoms with Crippen molar-refractivity contribution >= 4 is 33.0 Å². The van der Waals surface area contributed by atoms with Crippen LogP contribution in [-0.2, 0) is 10.0 Å². The number of anilines is 1. The molecule has 0 saturated carbocycles. The van der Waals surface area contributed by atoms with Crippen LogP contribution < -0.4 is 10.5 Å². The van der Waals surface area contributed by atoms with E-state index in [4.69, 9.17) is 14.0 Å². The number of aromatic nitrogens is 1. The Morgan fingerprint density at radius 3 is 2.57 bits per heavy atom. The monoisotopic (exact) mass is 307 g/mol. The molecular weight excluding hydrogens is 298 g/mol. The third-order valence-corrected chi connectivity index (χ3v) is 3.38. The molecule has 0 saturated heterocycles. The van der Waals surface area contributed by atoms with Crippen molar-refractivity contribution in [3.05, 3.63) is 42.2 Å². The van der Waals surface area contributed by atoms with Crippen LogP contribution in [0.1, 0.15) is 10.6 Å². The summed E-state index contributed by atoms with van der Waals surface area (Å²) in [7, 11) is -3.99. The van der Waals surface area contributed by atoms with Crippen LogP contribution in [0.15, 0.2) is 50.3 Å². The number of amides is 1. The van der Waals surface area contributed by atoms with Crippen molar-refractivity contribution in [2.75, 3.05) is 5.32 Å². The Morgan fingerprint density at radius 2 is 1.90 bits per heavy atom. The van der Waals surface area contributed by atoms with Crippen molar-refractivity contribution in [1.82, 2.24) is 4.98 Å². The van der Waals surface area contributed by atoms with Gasteiger partial charge in [0, 0.05) is 0 Å². The molecule has 1 amide bonds. The molecule has 3 N–H and O–H groups in total. The van der Waals surface area contributed by atoms with Crippen molar-refractivity contribution in [3.63, 3.8) is 0 Å². The third kappa shape index (κ3) is 2.64. The summed E-state index contributed by atoms with van der Waals surface area (Å²) in [5, 5.41) is 6.76. The number of carbonyl (C=O) groups excluding carboxylic acids is 1. The fourth-order valence-electron chi connectivity index (χ4n) is 1.68. The van der Waals surface area contributed by atoms with Crippen molar-refractivity contribution in [1.29, 1.82) is 0 Å². The lowest BCUT2D eigenvalue weighted by Gasteiger charge is -1.96. The van der Waals surface area contributed by atoms with Crippen molar-refractivity contribution in [2.45, 2.75) is 5.09 Å². The molecule has 0 aliphatic carbocycles. The molecule has 8 nitrogen and oxygen atoms in total. The lowest BCUT2D eigenvalue weighted by atomic mass is 10.3. The standard InChI is InChI=1S/C12H9N3O5S/c13-21(17,18)10-6-5-9(19-10)11(16)15-12-14-7-3-1-2-4-8(7)20-12/h1-6H,(H2,13,17,18)(H,14,15,16). The molecule has 0 spiro atoms. The molecule has 0 aliphatic heterocycles. The Hall–Kier alpha value is -2.65. The summed E-state index contributed by atoms with van der Waals surface area (Å²) in [5.74, 6) is -0.919. The van der Waals surface area contributed by atoms with Gasteiger partial charge in [-0.05, 0) is 24.3 Å². The van der Waals surface area contributed by atoms with Crippen LogP contribution in [0.2, 0.25) is 0 Å². The first-order chi connectivity index (χ1) is 9.93. The van der Waals surface area contributed by atoms with Gasteiger partial charge in [0.25, 0.3) is 15.9 Å². The first-order valence-electron chi connectivity index (χ1n) is 5.73. The van der Waals surface area contributed by atoms with E-state index >= 15 is 0 Å². The van der Waals surface area contributed by atoms with Crippen LogP contribution >= 0.6 is 0 Å². The Kier molecular flexibility index (Phi) is 3.00. The number of benzene rings is 1. The molecule has 21 heavy (non-hydrogen) atoms. The molecule has 0 radical (unpaired) electrons. The van der Waals surface area contributed by atoms with Gasteiger partial charge in [-0.3, -0.25) is 10.1 Å². The molecule has 3 rings (SSSR count). The summed E-state index contributed by atoms with van der Waals surface area (Å²) in [6, 6.07) is 9.24. The Morgan fingerprint density at radius 1 is 1.14 bits per heavy atom. The second kappa shape index (κ2) is 4.72. The van der Waals surface area contributed by atoms with Gasteiger partial charge in [0.2, 0.25) is 5.09 Å². The summed E-state index contributed by atoms with van der Waals surface area (Å²) in [4.78, 5) is 15.9. The van der Waals surface area contributed by atoms with Crippen LogP contribution in [0.4, 0.5) is 6.01 Å². The minimum Gasteiger partial charge on any atom is -0.438 e. The minimum absolute atomic E-state index is 0.0187. The zero-order valence-corrected chi connectivity index (χ0v) is 11.3. The Labute approximate surface area is 118 Å². The van der Waals surface area contributed by atoms with Gasteiger partial charge in [0.15, 0.2) is 11.3 Å². The van der Waals surface area contributed by atoms with Crippen LogP contribution in [0, 0.1) is 0 Å². The van der Waals surface area contributed by atoms with Gasteiger partial charge in [0.1, 0.15) is 5.52 Å². The van der Waals surface area contributed by atoms with Gasteiger partial charge in [-0.25, -0.2) is 13.6 Å². The highest BCUT2D eigenvalue weighted by atomic mass is 32.2. The van der Waals surface area contributed by atoms with E-state index in [-0.39, 0.29) is 11.8 Å². The molecule has 0 atom stereocenters. The molecule has 0 fully saturated rings. The van der Waals surface area contributed by atoms with E-state index < -0.39 is 21.0 Å². The van der Waals surface area contributed by atoms with Crippen LogP contribution in [0.5, 0.6) is 0 Å². The van der Waals surface area contributed by atoms with Crippen LogP contribution in [-0.4, -0.2) is 19.3 Å². The average Bonchev–Trinajstić information content (AvgIpc) is 3.04. The predicted molar refractivity (Wildman–Crippen MR) is 72.0 cm³/mol. The Bertz CT molecular complexity index is 892. The molecule has 2 heterocycles. The zero-order valence-electron chi connectivity index (χ0n) is 10.4. The summed E-state index contributed by atoms with van der Waals surface area (Å²) in [5.41, 5.74) is 1.09. The van der Waals surface area contributed by atoms with Crippen LogP contribution in [0.3, 0.4) is 0 Å². The number of nitrogens with zero attached hydrogens (tertiary/aromatic N) is 1. The van der Waals surface area contributed by atoms with E-state index in [2.05, 4.69) is 10.3 Å². The van der Waals surface area contributed by atoms with E-state index in [0.717, 1.165) is 6.07 Å². The number of nitrogens with two attached hydrogens (primary N) is 1. The normalized spacial score (nSPS) is 11.7. The number of fused-ring (bicyclic) bond motifs is 1. The summed E-state index contributed by atoms with van der Waals surface area (Å²) >= 11 is 0. The number of carbonyl (C=O) groups is 1. The predicted octanol–water partition coefficient (Wildman–Crippen LogP) is 1.32. The maximum Gasteiger partial charge on any atom is 0.302 e. The SMILES string of the molecule is NS(=O)(=O)c1ccc(C(=O)Nc2nc3ccccc3o2)o1. The maximum absolute atomic E-state index is 11.9. The molecule has 0 aliphatic rings. The number of furan rings is 1. The molecule has 2 aromatic heterocycles. The highest BCUT2D eigenvalue weighted by molar-refractivity contribution is 7.89. The fraction of sp³-hybridized carbons (Fsp3) is 0. The van der Waals surface area contributed by atoms with E-state index in [1.807, 2.05) is 0 Å². The average molecular weight is 307 g/mol. The van der Waals surface area contributed by atoms with Crippen molar-refractivity contribution in [2.24, 2.45) is 5.14 Å². The fourth-order valence-corrected chi connectivity index (χ4v) is 2.14. The van der Waals surface area contributed by atoms with E-state index in [1.165, 1.54) is 6.07 Å².